The molecule has 2 aromatic rings. The first-order valence-corrected chi connectivity index (χ1v) is 10.6. The summed E-state index contributed by atoms with van der Waals surface area (Å²) in [5.74, 6) is -0.846. The fourth-order valence-corrected chi connectivity index (χ4v) is 3.84. The van der Waals surface area contributed by atoms with E-state index < -0.39 is 11.9 Å². The second kappa shape index (κ2) is 11.1. The number of carbonyl (C=O) groups is 3. The number of rotatable bonds is 9. The van der Waals surface area contributed by atoms with Crippen LogP contribution in [0.3, 0.4) is 0 Å². The second-order valence-corrected chi connectivity index (χ2v) is 7.60. The lowest BCUT2D eigenvalue weighted by Gasteiger charge is -2.07. The molecule has 162 valence electrons. The number of amides is 1. The molecule has 1 aromatic heterocycles. The minimum atomic E-state index is -0.685. The smallest absolute Gasteiger partial charge is 0.341 e. The Morgan fingerprint density at radius 2 is 1.87 bits per heavy atom. The molecule has 1 N–H and O–H groups in total. The predicted octanol–water partition coefficient (Wildman–Crippen LogP) is 4.77. The highest BCUT2D eigenvalue weighted by Crippen LogP contribution is 2.34. The van der Waals surface area contributed by atoms with Gasteiger partial charge in [0.15, 0.2) is 5.78 Å². The van der Waals surface area contributed by atoms with E-state index >= 15 is 0 Å². The van der Waals surface area contributed by atoms with Crippen LogP contribution in [0.15, 0.2) is 29.8 Å². The number of nitrogens with zero attached hydrogens (tertiary/aromatic N) is 1. The number of carbonyl (C=O) groups excluding carboxylic acids is 3. The summed E-state index contributed by atoms with van der Waals surface area (Å²) in [6, 6.07) is 8.87. The maximum atomic E-state index is 12.7. The lowest BCUT2D eigenvalue weighted by molar-refractivity contribution is -0.112. The maximum Gasteiger partial charge on any atom is 0.341 e. The third kappa shape index (κ3) is 6.03. The molecule has 8 heteroatoms. The number of anilines is 1. The number of ether oxygens (including phenoxy) is 2. The molecule has 1 heterocycles. The van der Waals surface area contributed by atoms with E-state index in [9.17, 15) is 19.6 Å². The summed E-state index contributed by atoms with van der Waals surface area (Å²) in [6.45, 7) is 7.44. The number of esters is 1. The van der Waals surface area contributed by atoms with Crippen LogP contribution in [0.25, 0.3) is 6.08 Å². The summed E-state index contributed by atoms with van der Waals surface area (Å²) in [4.78, 5) is 37.3. The molecule has 0 aliphatic carbocycles. The molecular formula is C23H24N2O5S. The van der Waals surface area contributed by atoms with Crippen molar-refractivity contribution in [2.45, 2.75) is 34.1 Å². The molecule has 31 heavy (non-hydrogen) atoms. The standard InChI is InChI=1S/C23H24N2O5S/c1-5-11-30-18-9-7-16(8-10-18)12-17(13-24)21(27)25-22-19(23(28)29-6-2)14(3)20(31-22)15(4)26/h7-10,12H,5-6,11H2,1-4H3,(H,25,27). The molecule has 0 radical (unpaired) electrons. The van der Waals surface area contributed by atoms with Crippen LogP contribution < -0.4 is 10.1 Å². The van der Waals surface area contributed by atoms with E-state index in [-0.39, 0.29) is 28.5 Å². The molecule has 0 unspecified atom stereocenters. The van der Waals surface area contributed by atoms with Gasteiger partial charge in [0.25, 0.3) is 5.91 Å². The lowest BCUT2D eigenvalue weighted by Crippen LogP contribution is -2.16. The average Bonchev–Trinajstić information content (AvgIpc) is 3.07. The van der Waals surface area contributed by atoms with E-state index in [0.717, 1.165) is 17.8 Å². The zero-order valence-corrected chi connectivity index (χ0v) is 18.7. The highest BCUT2D eigenvalue weighted by Gasteiger charge is 2.26. The molecule has 1 aromatic carbocycles. The number of ketones is 1. The van der Waals surface area contributed by atoms with Crippen molar-refractivity contribution in [3.8, 4) is 11.8 Å². The van der Waals surface area contributed by atoms with Gasteiger partial charge in [0.05, 0.1) is 23.7 Å². The first kappa shape index (κ1) is 23.8. The second-order valence-electron chi connectivity index (χ2n) is 6.58. The third-order valence-electron chi connectivity index (χ3n) is 4.20. The number of hydrogen-bond donors (Lipinski definition) is 1. The van der Waals surface area contributed by atoms with E-state index in [1.54, 1.807) is 38.1 Å². The van der Waals surface area contributed by atoms with Gasteiger partial charge in [-0.3, -0.25) is 9.59 Å². The molecule has 0 atom stereocenters. The van der Waals surface area contributed by atoms with Crippen LogP contribution in [0.5, 0.6) is 5.75 Å². The molecule has 0 saturated carbocycles. The molecule has 0 saturated heterocycles. The first-order chi connectivity index (χ1) is 14.8. The minimum absolute atomic E-state index is 0.125. The zero-order valence-electron chi connectivity index (χ0n) is 17.9. The van der Waals surface area contributed by atoms with Crippen LogP contribution in [0.2, 0.25) is 0 Å². The zero-order chi connectivity index (χ0) is 23.0. The molecule has 0 aliphatic heterocycles. The van der Waals surface area contributed by atoms with Crippen molar-refractivity contribution in [2.75, 3.05) is 18.5 Å². The fourth-order valence-electron chi connectivity index (χ4n) is 2.75. The van der Waals surface area contributed by atoms with E-state index in [1.807, 2.05) is 13.0 Å². The van der Waals surface area contributed by atoms with Gasteiger partial charge in [0, 0.05) is 0 Å². The average molecular weight is 441 g/mol. The van der Waals surface area contributed by atoms with Gasteiger partial charge in [-0.1, -0.05) is 19.1 Å². The van der Waals surface area contributed by atoms with Gasteiger partial charge in [0.2, 0.25) is 0 Å². The lowest BCUT2D eigenvalue weighted by atomic mass is 10.1. The number of nitrogens with one attached hydrogen (secondary N) is 1. The largest absolute Gasteiger partial charge is 0.494 e. The van der Waals surface area contributed by atoms with Gasteiger partial charge in [0.1, 0.15) is 22.4 Å². The summed E-state index contributed by atoms with van der Waals surface area (Å²) in [6.07, 6.45) is 2.33. The molecule has 0 aliphatic rings. The molecular weight excluding hydrogens is 416 g/mol. The highest BCUT2D eigenvalue weighted by molar-refractivity contribution is 7.18. The van der Waals surface area contributed by atoms with Crippen molar-refractivity contribution < 1.29 is 23.9 Å². The number of hydrogen-bond acceptors (Lipinski definition) is 7. The van der Waals surface area contributed by atoms with Gasteiger partial charge in [-0.2, -0.15) is 5.26 Å². The summed E-state index contributed by atoms with van der Waals surface area (Å²) in [5.41, 5.74) is 1.07. The van der Waals surface area contributed by atoms with E-state index in [1.165, 1.54) is 13.0 Å². The monoisotopic (exact) mass is 440 g/mol. The van der Waals surface area contributed by atoms with Crippen molar-refractivity contribution in [1.29, 1.82) is 5.26 Å². The Hall–Kier alpha value is -3.44. The van der Waals surface area contributed by atoms with E-state index in [4.69, 9.17) is 9.47 Å². The normalized spacial score (nSPS) is 10.9. The Kier molecular flexibility index (Phi) is 8.53. The summed E-state index contributed by atoms with van der Waals surface area (Å²) < 4.78 is 10.6. The minimum Gasteiger partial charge on any atom is -0.494 e. The Labute approximate surface area is 185 Å². The van der Waals surface area contributed by atoms with Crippen molar-refractivity contribution in [3.63, 3.8) is 0 Å². The summed E-state index contributed by atoms with van der Waals surface area (Å²) in [7, 11) is 0. The number of thiophene rings is 1. The van der Waals surface area contributed by atoms with Gasteiger partial charge in [-0.15, -0.1) is 11.3 Å². The molecule has 0 spiro atoms. The molecule has 7 nitrogen and oxygen atoms in total. The van der Waals surface area contributed by atoms with E-state index in [0.29, 0.717) is 28.4 Å². The number of benzene rings is 1. The SMILES string of the molecule is CCCOc1ccc(C=C(C#N)C(=O)Nc2sc(C(C)=O)c(C)c2C(=O)OCC)cc1. The molecule has 2 rings (SSSR count). The topological polar surface area (TPSA) is 105 Å². The fraction of sp³-hybridized carbons (Fsp3) is 0.304. The van der Waals surface area contributed by atoms with Crippen LogP contribution in [-0.2, 0) is 9.53 Å². The van der Waals surface area contributed by atoms with Crippen LogP contribution in [0.1, 0.15) is 58.3 Å². The third-order valence-corrected chi connectivity index (χ3v) is 5.51. The quantitative estimate of drug-likeness (QED) is 0.261. The maximum absolute atomic E-state index is 12.7. The van der Waals surface area contributed by atoms with Gasteiger partial charge >= 0.3 is 5.97 Å². The van der Waals surface area contributed by atoms with Crippen LogP contribution >= 0.6 is 11.3 Å². The van der Waals surface area contributed by atoms with E-state index in [2.05, 4.69) is 5.32 Å². The summed E-state index contributed by atoms with van der Waals surface area (Å²) >= 11 is 0.985. The van der Waals surface area contributed by atoms with Crippen LogP contribution in [0, 0.1) is 18.3 Å². The van der Waals surface area contributed by atoms with Crippen molar-refractivity contribution in [1.82, 2.24) is 0 Å². The Balaban J connectivity index is 2.31. The van der Waals surface area contributed by atoms with Gasteiger partial charge in [-0.25, -0.2) is 4.79 Å². The molecule has 0 bridgehead atoms. The Morgan fingerprint density at radius 3 is 2.42 bits per heavy atom. The van der Waals surface area contributed by atoms with Gasteiger partial charge < -0.3 is 14.8 Å². The van der Waals surface area contributed by atoms with Crippen LogP contribution in [-0.4, -0.2) is 30.9 Å². The van der Waals surface area contributed by atoms with Crippen molar-refractivity contribution in [2.24, 2.45) is 0 Å². The highest BCUT2D eigenvalue weighted by atomic mass is 32.1. The molecule has 0 fully saturated rings. The van der Waals surface area contributed by atoms with Gasteiger partial charge in [-0.05, 0) is 56.5 Å². The Morgan fingerprint density at radius 1 is 1.19 bits per heavy atom. The predicted molar refractivity (Wildman–Crippen MR) is 119 cm³/mol. The van der Waals surface area contributed by atoms with Crippen molar-refractivity contribution >= 4 is 40.1 Å². The number of Topliss-reactive ketones (excluding diaryl/α,β-unsaturated/α-hetero) is 1. The molecule has 1 amide bonds. The Bertz CT molecular complexity index is 1050. The van der Waals surface area contributed by atoms with Crippen molar-refractivity contribution in [3.05, 3.63) is 51.4 Å². The first-order valence-electron chi connectivity index (χ1n) is 9.79. The number of nitriles is 1. The summed E-state index contributed by atoms with van der Waals surface area (Å²) in [5, 5.41) is 12.2. The van der Waals surface area contributed by atoms with Crippen LogP contribution in [0.4, 0.5) is 5.00 Å².